The third kappa shape index (κ3) is 2.86. The Kier molecular flexibility index (Phi) is 3.46. The smallest absolute Gasteiger partial charge is 0.264 e. The number of rotatable bonds is 3. The van der Waals surface area contributed by atoms with E-state index in [1.165, 1.54) is 28.9 Å². The molecule has 0 saturated carbocycles. The Morgan fingerprint density at radius 2 is 2.16 bits per heavy atom. The van der Waals surface area contributed by atoms with Crippen LogP contribution in [0, 0.1) is 11.3 Å². The lowest BCUT2D eigenvalue weighted by Crippen LogP contribution is -2.14. The van der Waals surface area contributed by atoms with E-state index in [9.17, 15) is 8.42 Å². The van der Waals surface area contributed by atoms with Crippen LogP contribution >= 0.6 is 11.6 Å². The molecule has 19 heavy (non-hydrogen) atoms. The van der Waals surface area contributed by atoms with Crippen molar-refractivity contribution in [3.63, 3.8) is 0 Å². The number of nitriles is 1. The Morgan fingerprint density at radius 1 is 1.42 bits per heavy atom. The van der Waals surface area contributed by atoms with E-state index in [4.69, 9.17) is 16.9 Å². The van der Waals surface area contributed by atoms with Crippen LogP contribution in [0.3, 0.4) is 0 Å². The molecular formula is C11H9ClN4O2S. The van der Waals surface area contributed by atoms with Gasteiger partial charge in [-0.25, -0.2) is 8.42 Å². The average Bonchev–Trinajstić information content (AvgIpc) is 2.74. The van der Waals surface area contributed by atoms with E-state index in [-0.39, 0.29) is 21.3 Å². The number of anilines is 1. The van der Waals surface area contributed by atoms with Crippen molar-refractivity contribution < 1.29 is 8.42 Å². The minimum atomic E-state index is -3.87. The molecule has 0 spiro atoms. The number of nitrogens with one attached hydrogen (secondary N) is 1. The van der Waals surface area contributed by atoms with Crippen LogP contribution in [0.15, 0.2) is 35.4 Å². The van der Waals surface area contributed by atoms with Crippen molar-refractivity contribution in [1.29, 1.82) is 5.26 Å². The van der Waals surface area contributed by atoms with Gasteiger partial charge in [-0.05, 0) is 18.2 Å². The van der Waals surface area contributed by atoms with Gasteiger partial charge < -0.3 is 0 Å². The Bertz CT molecular complexity index is 761. The molecule has 0 aliphatic carbocycles. The highest BCUT2D eigenvalue weighted by atomic mass is 35.5. The highest BCUT2D eigenvalue weighted by Gasteiger charge is 2.19. The molecule has 0 unspecified atom stereocenters. The summed E-state index contributed by atoms with van der Waals surface area (Å²) in [7, 11) is -2.20. The molecule has 0 atom stereocenters. The first-order chi connectivity index (χ1) is 8.92. The lowest BCUT2D eigenvalue weighted by molar-refractivity contribution is 0.601. The fourth-order valence-corrected chi connectivity index (χ4v) is 2.96. The van der Waals surface area contributed by atoms with E-state index in [1.54, 1.807) is 13.2 Å². The summed E-state index contributed by atoms with van der Waals surface area (Å²) < 4.78 is 28.0. The Balaban J connectivity index is 2.42. The molecule has 1 aromatic carbocycles. The fourth-order valence-electron chi connectivity index (χ4n) is 1.44. The summed E-state index contributed by atoms with van der Waals surface area (Å²) in [6, 6.07) is 7.41. The third-order valence-corrected chi connectivity index (χ3v) is 4.14. The number of hydrogen-bond donors (Lipinski definition) is 1. The van der Waals surface area contributed by atoms with Gasteiger partial charge in [0.25, 0.3) is 10.0 Å². The number of halogens is 1. The van der Waals surface area contributed by atoms with Crippen molar-refractivity contribution >= 4 is 27.4 Å². The second-order valence-corrected chi connectivity index (χ2v) is 5.80. The average molecular weight is 297 g/mol. The maximum atomic E-state index is 12.1. The van der Waals surface area contributed by atoms with Gasteiger partial charge >= 0.3 is 0 Å². The summed E-state index contributed by atoms with van der Waals surface area (Å²) in [6.45, 7) is 0. The SMILES string of the molecule is Cn1ccc(NS(=O)(=O)c2cc(C#N)ccc2Cl)n1. The third-order valence-electron chi connectivity index (χ3n) is 2.30. The lowest BCUT2D eigenvalue weighted by Gasteiger charge is -2.07. The van der Waals surface area contributed by atoms with Crippen LogP contribution in [0.2, 0.25) is 5.02 Å². The molecule has 1 aromatic heterocycles. The molecule has 0 saturated heterocycles. The molecule has 8 heteroatoms. The minimum Gasteiger partial charge on any atom is -0.274 e. The Labute approximate surface area is 115 Å². The van der Waals surface area contributed by atoms with E-state index < -0.39 is 10.0 Å². The number of aromatic nitrogens is 2. The standard InChI is InChI=1S/C11H9ClN4O2S/c1-16-5-4-11(14-16)15-19(17,18)10-6-8(7-13)2-3-9(10)12/h2-6H,1H3,(H,14,15). The number of aryl methyl sites for hydroxylation is 1. The second kappa shape index (κ2) is 4.91. The molecule has 0 aliphatic rings. The van der Waals surface area contributed by atoms with Crippen molar-refractivity contribution in [1.82, 2.24) is 9.78 Å². The fraction of sp³-hybridized carbons (Fsp3) is 0.0909. The summed E-state index contributed by atoms with van der Waals surface area (Å²) in [4.78, 5) is -0.154. The maximum absolute atomic E-state index is 12.1. The zero-order valence-corrected chi connectivity index (χ0v) is 11.4. The number of hydrogen-bond acceptors (Lipinski definition) is 4. The van der Waals surface area contributed by atoms with Gasteiger partial charge in [0.05, 0.1) is 16.7 Å². The van der Waals surface area contributed by atoms with Gasteiger partial charge in [0.2, 0.25) is 0 Å². The molecule has 6 nitrogen and oxygen atoms in total. The summed E-state index contributed by atoms with van der Waals surface area (Å²) >= 11 is 5.85. The minimum absolute atomic E-state index is 0.0439. The van der Waals surface area contributed by atoms with Crippen molar-refractivity contribution in [2.75, 3.05) is 4.72 Å². The topological polar surface area (TPSA) is 87.8 Å². The van der Waals surface area contributed by atoms with Crippen LogP contribution in [0.5, 0.6) is 0 Å². The van der Waals surface area contributed by atoms with E-state index in [0.29, 0.717) is 0 Å². The highest BCUT2D eigenvalue weighted by Crippen LogP contribution is 2.24. The summed E-state index contributed by atoms with van der Waals surface area (Å²) in [5, 5.41) is 12.7. The van der Waals surface area contributed by atoms with Crippen LogP contribution in [0.1, 0.15) is 5.56 Å². The summed E-state index contributed by atoms with van der Waals surface area (Å²) in [5.41, 5.74) is 0.214. The first kappa shape index (κ1) is 13.4. The van der Waals surface area contributed by atoms with Gasteiger partial charge in [0.1, 0.15) is 4.90 Å². The molecule has 0 aliphatic heterocycles. The van der Waals surface area contributed by atoms with Gasteiger partial charge in [-0.15, -0.1) is 0 Å². The van der Waals surface area contributed by atoms with Crippen molar-refractivity contribution in [3.8, 4) is 6.07 Å². The van der Waals surface area contributed by atoms with Crippen molar-refractivity contribution in [2.24, 2.45) is 7.05 Å². The quantitative estimate of drug-likeness (QED) is 0.934. The van der Waals surface area contributed by atoms with Gasteiger partial charge in [0, 0.05) is 19.3 Å². The van der Waals surface area contributed by atoms with E-state index in [2.05, 4.69) is 9.82 Å². The maximum Gasteiger partial charge on any atom is 0.264 e. The Hall–Kier alpha value is -2.04. The molecule has 0 amide bonds. The molecule has 0 fully saturated rings. The molecule has 98 valence electrons. The monoisotopic (exact) mass is 296 g/mol. The van der Waals surface area contributed by atoms with E-state index in [0.717, 1.165) is 0 Å². The molecular weight excluding hydrogens is 288 g/mol. The Morgan fingerprint density at radius 3 is 2.74 bits per heavy atom. The number of benzene rings is 1. The largest absolute Gasteiger partial charge is 0.274 e. The van der Waals surface area contributed by atoms with Crippen LogP contribution in [0.25, 0.3) is 0 Å². The molecule has 1 heterocycles. The summed E-state index contributed by atoms with van der Waals surface area (Å²) in [5.74, 6) is 0.181. The predicted molar refractivity (Wildman–Crippen MR) is 70.2 cm³/mol. The molecule has 2 rings (SSSR count). The van der Waals surface area contributed by atoms with Crippen LogP contribution < -0.4 is 4.72 Å². The molecule has 1 N–H and O–H groups in total. The zero-order valence-electron chi connectivity index (χ0n) is 9.83. The lowest BCUT2D eigenvalue weighted by atomic mass is 10.2. The predicted octanol–water partition coefficient (Wildman–Crippen LogP) is 1.75. The number of nitrogens with zero attached hydrogens (tertiary/aromatic N) is 3. The van der Waals surface area contributed by atoms with Crippen LogP contribution in [-0.4, -0.2) is 18.2 Å². The van der Waals surface area contributed by atoms with E-state index >= 15 is 0 Å². The first-order valence-electron chi connectivity index (χ1n) is 5.14. The normalized spacial score (nSPS) is 11.0. The van der Waals surface area contributed by atoms with Gasteiger partial charge in [-0.1, -0.05) is 11.6 Å². The van der Waals surface area contributed by atoms with Crippen molar-refractivity contribution in [3.05, 3.63) is 41.0 Å². The van der Waals surface area contributed by atoms with Gasteiger partial charge in [-0.3, -0.25) is 9.40 Å². The second-order valence-electron chi connectivity index (χ2n) is 3.74. The van der Waals surface area contributed by atoms with E-state index in [1.807, 2.05) is 6.07 Å². The van der Waals surface area contributed by atoms with Crippen LogP contribution in [-0.2, 0) is 17.1 Å². The summed E-state index contributed by atoms with van der Waals surface area (Å²) in [6.07, 6.45) is 1.60. The molecule has 0 bridgehead atoms. The molecule has 0 radical (unpaired) electrons. The highest BCUT2D eigenvalue weighted by molar-refractivity contribution is 7.92. The first-order valence-corrected chi connectivity index (χ1v) is 7.00. The number of sulfonamides is 1. The zero-order chi connectivity index (χ0) is 14.0. The molecule has 2 aromatic rings. The van der Waals surface area contributed by atoms with Crippen molar-refractivity contribution in [2.45, 2.75) is 4.90 Å². The van der Waals surface area contributed by atoms with Crippen LogP contribution in [0.4, 0.5) is 5.82 Å². The van der Waals surface area contributed by atoms with Gasteiger partial charge in [0.15, 0.2) is 5.82 Å². The van der Waals surface area contributed by atoms with Gasteiger partial charge in [-0.2, -0.15) is 10.4 Å².